The number of fused-ring (bicyclic) bond motifs is 1. The van der Waals surface area contributed by atoms with E-state index in [0.717, 1.165) is 0 Å². The van der Waals surface area contributed by atoms with Crippen molar-refractivity contribution < 1.29 is 35.9 Å². The molecule has 0 saturated carbocycles. The number of alkyl halides is 6. The Bertz CT molecular complexity index is 802. The molecule has 2 rings (SSSR count). The fourth-order valence-electron chi connectivity index (χ4n) is 2.70. The van der Waals surface area contributed by atoms with Gasteiger partial charge in [0.1, 0.15) is 0 Å². The fraction of sp³-hybridized carbons (Fsp3) is 0.333. The molecule has 0 aliphatic heterocycles. The van der Waals surface area contributed by atoms with E-state index in [-0.39, 0.29) is 18.5 Å². The van der Waals surface area contributed by atoms with Crippen molar-refractivity contribution >= 4 is 43.5 Å². The standard InChI is InChI=1S/C11H13N2.2C2F3O.Tl/c1-12-7-6-9-8-13-11-5-3-2-4-10(9)11;2*3-2(4,5)1-6;/h2-5,12-13H,6-7H2,1H3;;;. The molecule has 0 aliphatic carbocycles. The number of H-pyrrole nitrogens is 1. The molecule has 0 spiro atoms. The SMILES string of the molecule is CNCCc1[c]([Tl]([C](=O)C(F)(F)F)[C](=O)C(F)(F)F)[nH]c2ccccc12. The van der Waals surface area contributed by atoms with Crippen LogP contribution in [0.1, 0.15) is 5.56 Å². The van der Waals surface area contributed by atoms with Gasteiger partial charge in [0.2, 0.25) is 0 Å². The van der Waals surface area contributed by atoms with Gasteiger partial charge in [0.05, 0.1) is 0 Å². The molecule has 1 aromatic heterocycles. The van der Waals surface area contributed by atoms with Crippen molar-refractivity contribution in [3.8, 4) is 0 Å². The second-order valence-corrected chi connectivity index (χ2v) is 15.3. The van der Waals surface area contributed by atoms with Crippen molar-refractivity contribution in [2.24, 2.45) is 0 Å². The van der Waals surface area contributed by atoms with Crippen LogP contribution in [-0.2, 0) is 16.0 Å². The molecular formula is C15H13F6N2O2Tl. The van der Waals surface area contributed by atoms with Gasteiger partial charge in [-0.1, -0.05) is 0 Å². The third-order valence-electron chi connectivity index (χ3n) is 3.84. The molecule has 0 saturated heterocycles. The molecule has 0 aliphatic rings. The number of likely N-dealkylation sites (N-methyl/N-ethyl adjacent to an activating group) is 1. The predicted molar refractivity (Wildman–Crippen MR) is 83.4 cm³/mol. The van der Waals surface area contributed by atoms with Crippen LogP contribution in [0.25, 0.3) is 10.9 Å². The second-order valence-electron chi connectivity index (χ2n) is 5.57. The topological polar surface area (TPSA) is 62.0 Å². The molecule has 11 heteroatoms. The monoisotopic (exact) mass is 572 g/mol. The van der Waals surface area contributed by atoms with Gasteiger partial charge in [-0.25, -0.2) is 0 Å². The number of hydrogen-bond acceptors (Lipinski definition) is 3. The van der Waals surface area contributed by atoms with E-state index in [1.807, 2.05) is 0 Å². The summed E-state index contributed by atoms with van der Waals surface area (Å²) in [6.45, 7) is 0.260. The first-order valence-electron chi connectivity index (χ1n) is 7.44. The Morgan fingerprint density at radius 3 is 2.08 bits per heavy atom. The van der Waals surface area contributed by atoms with Crippen molar-refractivity contribution in [1.82, 2.24) is 10.3 Å². The summed E-state index contributed by atoms with van der Waals surface area (Å²) in [6, 6.07) is 6.13. The number of hydrogen-bond donors (Lipinski definition) is 2. The number of carbonyl (C=O) groups is 2. The van der Waals surface area contributed by atoms with E-state index >= 15 is 0 Å². The number of nitrogens with one attached hydrogen (secondary N) is 2. The van der Waals surface area contributed by atoms with Crippen LogP contribution in [0.2, 0.25) is 0 Å². The molecule has 4 nitrogen and oxygen atoms in total. The number of aromatic nitrogens is 1. The Morgan fingerprint density at radius 2 is 1.58 bits per heavy atom. The van der Waals surface area contributed by atoms with Crippen molar-refractivity contribution in [2.75, 3.05) is 13.6 Å². The van der Waals surface area contributed by atoms with E-state index in [2.05, 4.69) is 10.3 Å². The zero-order valence-electron chi connectivity index (χ0n) is 13.4. The second kappa shape index (κ2) is 7.66. The number of benzene rings is 1. The molecule has 0 fully saturated rings. The van der Waals surface area contributed by atoms with Gasteiger partial charge in [-0.05, 0) is 0 Å². The van der Waals surface area contributed by atoms with Gasteiger partial charge in [0, 0.05) is 0 Å². The molecular weight excluding hydrogens is 559 g/mol. The van der Waals surface area contributed by atoms with Gasteiger partial charge >= 0.3 is 152 Å². The van der Waals surface area contributed by atoms with E-state index in [9.17, 15) is 35.9 Å². The van der Waals surface area contributed by atoms with Crippen LogP contribution in [0.4, 0.5) is 26.3 Å². The summed E-state index contributed by atoms with van der Waals surface area (Å²) < 4.78 is 72.1. The van der Waals surface area contributed by atoms with E-state index in [0.29, 0.717) is 10.9 Å². The fourth-order valence-corrected chi connectivity index (χ4v) is 11.9. The maximum atomic E-state index is 12.9. The van der Waals surface area contributed by atoms with Crippen LogP contribution >= 0.6 is 0 Å². The summed E-state index contributed by atoms with van der Waals surface area (Å²) in [6.07, 6.45) is -10.9. The van der Waals surface area contributed by atoms with Crippen LogP contribution in [0, 0.1) is 0 Å². The molecule has 0 bridgehead atoms. The van der Waals surface area contributed by atoms with Crippen molar-refractivity contribution in [3.05, 3.63) is 29.8 Å². The summed E-state index contributed by atoms with van der Waals surface area (Å²) in [5.74, 6) is 0. The molecule has 140 valence electrons. The number of aromatic amines is 1. The van der Waals surface area contributed by atoms with Gasteiger partial charge in [-0.3, -0.25) is 0 Å². The molecule has 1 heterocycles. The Kier molecular flexibility index (Phi) is 6.15. The zero-order chi connectivity index (χ0) is 19.7. The van der Waals surface area contributed by atoms with Gasteiger partial charge in [0.15, 0.2) is 0 Å². The van der Waals surface area contributed by atoms with Gasteiger partial charge in [-0.2, -0.15) is 0 Å². The van der Waals surface area contributed by atoms with E-state index in [1.165, 1.54) is 12.1 Å². The van der Waals surface area contributed by atoms with Crippen LogP contribution in [0.15, 0.2) is 24.3 Å². The third-order valence-corrected chi connectivity index (χ3v) is 14.6. The van der Waals surface area contributed by atoms with Crippen molar-refractivity contribution in [3.63, 3.8) is 0 Å². The number of carbonyl (C=O) groups excluding carboxylic acids is 2. The minimum atomic E-state index is -5.87. The predicted octanol–water partition coefficient (Wildman–Crippen LogP) is 1.97. The van der Waals surface area contributed by atoms with Crippen LogP contribution in [-0.4, -0.2) is 60.3 Å². The molecule has 2 N–H and O–H groups in total. The minimum absolute atomic E-state index is 0.0859. The zero-order valence-corrected chi connectivity index (χ0v) is 17.9. The summed E-state index contributed by atoms with van der Waals surface area (Å²) >= 11 is -5.87. The summed E-state index contributed by atoms with van der Waals surface area (Å²) in [5, 5.41) is 3.16. The summed E-state index contributed by atoms with van der Waals surface area (Å²) in [4.78, 5) is 26.1. The first-order valence-corrected chi connectivity index (χ1v) is 14.2. The average molecular weight is 572 g/mol. The third kappa shape index (κ3) is 4.27. The van der Waals surface area contributed by atoms with E-state index in [1.54, 1.807) is 19.2 Å². The molecule has 1 aromatic carbocycles. The van der Waals surface area contributed by atoms with Gasteiger partial charge in [0.25, 0.3) is 0 Å². The Labute approximate surface area is 152 Å². The Balaban J connectivity index is 2.71. The molecule has 0 unspecified atom stereocenters. The normalized spacial score (nSPS) is 12.4. The number of para-hydroxylation sites is 1. The molecule has 0 atom stereocenters. The molecule has 2 aromatic rings. The van der Waals surface area contributed by atoms with Crippen LogP contribution in [0.3, 0.4) is 0 Å². The quantitative estimate of drug-likeness (QED) is 0.412. The maximum absolute atomic E-state index is 12.9. The first kappa shape index (κ1) is 20.9. The number of halogens is 6. The summed E-state index contributed by atoms with van der Waals surface area (Å²) in [7, 11) is 1.57. The summed E-state index contributed by atoms with van der Waals surface area (Å²) in [5.41, 5.74) is 0.459. The first-order chi connectivity index (χ1) is 12.0. The molecule has 0 radical (unpaired) electrons. The van der Waals surface area contributed by atoms with Crippen molar-refractivity contribution in [2.45, 2.75) is 18.8 Å². The van der Waals surface area contributed by atoms with Crippen LogP contribution < -0.4 is 8.57 Å². The van der Waals surface area contributed by atoms with Gasteiger partial charge in [-0.15, -0.1) is 0 Å². The molecule has 0 amide bonds. The number of rotatable bonds is 6. The Hall–Kier alpha value is -1.44. The molecule has 26 heavy (non-hydrogen) atoms. The van der Waals surface area contributed by atoms with E-state index in [4.69, 9.17) is 0 Å². The van der Waals surface area contributed by atoms with Crippen LogP contribution in [0.5, 0.6) is 0 Å². The average Bonchev–Trinajstić information content (AvgIpc) is 2.89. The Morgan fingerprint density at radius 1 is 1.04 bits per heavy atom. The van der Waals surface area contributed by atoms with E-state index < -0.39 is 45.0 Å². The van der Waals surface area contributed by atoms with Gasteiger partial charge < -0.3 is 0 Å². The van der Waals surface area contributed by atoms with Crippen molar-refractivity contribution in [1.29, 1.82) is 0 Å².